The van der Waals surface area contributed by atoms with E-state index in [1.165, 1.54) is 51.4 Å². The molecule has 0 aromatic heterocycles. The minimum atomic E-state index is 0.518. The highest BCUT2D eigenvalue weighted by Gasteiger charge is 2.35. The third-order valence-electron chi connectivity index (χ3n) is 4.60. The van der Waals surface area contributed by atoms with Crippen LogP contribution in [0, 0.1) is 5.41 Å². The lowest BCUT2D eigenvalue weighted by atomic mass is 9.76. The van der Waals surface area contributed by atoms with E-state index in [0.717, 1.165) is 0 Å². The van der Waals surface area contributed by atoms with Crippen LogP contribution in [0.2, 0.25) is 0 Å². The van der Waals surface area contributed by atoms with Gasteiger partial charge in [-0.1, -0.05) is 69.0 Å². The van der Waals surface area contributed by atoms with Gasteiger partial charge in [-0.2, -0.15) is 0 Å². The highest BCUT2D eigenvalue weighted by atomic mass is 14.4. The SMILES string of the molecule is C/C=C/CC1(CCCCCC)Cc2ccccc2C1. The molecular formula is C19H28. The van der Waals surface area contributed by atoms with Gasteiger partial charge in [-0.05, 0) is 49.1 Å². The Morgan fingerprint density at radius 2 is 1.74 bits per heavy atom. The highest BCUT2D eigenvalue weighted by molar-refractivity contribution is 5.34. The number of hydrogen-bond donors (Lipinski definition) is 0. The third kappa shape index (κ3) is 3.72. The summed E-state index contributed by atoms with van der Waals surface area (Å²) in [5.41, 5.74) is 3.72. The fourth-order valence-electron chi connectivity index (χ4n) is 3.49. The molecule has 104 valence electrons. The summed E-state index contributed by atoms with van der Waals surface area (Å²) in [5.74, 6) is 0. The van der Waals surface area contributed by atoms with Crippen molar-refractivity contribution in [1.29, 1.82) is 0 Å². The summed E-state index contributed by atoms with van der Waals surface area (Å²) >= 11 is 0. The molecule has 0 unspecified atom stereocenters. The first-order valence-corrected chi connectivity index (χ1v) is 7.97. The first-order valence-electron chi connectivity index (χ1n) is 7.97. The number of fused-ring (bicyclic) bond motifs is 1. The van der Waals surface area contributed by atoms with Gasteiger partial charge in [0.15, 0.2) is 0 Å². The van der Waals surface area contributed by atoms with Gasteiger partial charge in [-0.25, -0.2) is 0 Å². The fourth-order valence-corrected chi connectivity index (χ4v) is 3.49. The smallest absolute Gasteiger partial charge is 0.0182 e. The molecule has 1 aromatic carbocycles. The van der Waals surface area contributed by atoms with Gasteiger partial charge in [0.2, 0.25) is 0 Å². The van der Waals surface area contributed by atoms with Gasteiger partial charge in [0.05, 0.1) is 0 Å². The van der Waals surface area contributed by atoms with Crippen LogP contribution in [0.1, 0.15) is 63.5 Å². The Hall–Kier alpha value is -1.04. The second-order valence-corrected chi connectivity index (χ2v) is 6.21. The Kier molecular flexibility index (Phi) is 5.24. The van der Waals surface area contributed by atoms with Gasteiger partial charge in [0.25, 0.3) is 0 Å². The zero-order valence-corrected chi connectivity index (χ0v) is 12.6. The Bertz CT molecular complexity index is 389. The first kappa shape index (κ1) is 14.4. The zero-order chi connectivity index (χ0) is 13.6. The van der Waals surface area contributed by atoms with Crippen LogP contribution in [-0.4, -0.2) is 0 Å². The Morgan fingerprint density at radius 3 is 2.32 bits per heavy atom. The van der Waals surface area contributed by atoms with Crippen LogP contribution in [0.5, 0.6) is 0 Å². The molecule has 0 nitrogen and oxygen atoms in total. The van der Waals surface area contributed by atoms with Crippen LogP contribution in [0.15, 0.2) is 36.4 Å². The van der Waals surface area contributed by atoms with Gasteiger partial charge < -0.3 is 0 Å². The molecule has 0 aliphatic heterocycles. The molecule has 19 heavy (non-hydrogen) atoms. The van der Waals surface area contributed by atoms with Crippen LogP contribution < -0.4 is 0 Å². The van der Waals surface area contributed by atoms with Crippen molar-refractivity contribution in [3.8, 4) is 0 Å². The topological polar surface area (TPSA) is 0 Å². The number of rotatable bonds is 7. The van der Waals surface area contributed by atoms with Crippen LogP contribution in [0.25, 0.3) is 0 Å². The molecule has 1 aliphatic rings. The summed E-state index contributed by atoms with van der Waals surface area (Å²) in [5, 5.41) is 0. The average Bonchev–Trinajstić information content (AvgIpc) is 2.80. The third-order valence-corrected chi connectivity index (χ3v) is 4.60. The number of benzene rings is 1. The van der Waals surface area contributed by atoms with E-state index in [0.29, 0.717) is 5.41 Å². The molecule has 0 heterocycles. The van der Waals surface area contributed by atoms with Crippen LogP contribution in [0.3, 0.4) is 0 Å². The Labute approximate surface area is 118 Å². The fraction of sp³-hybridized carbons (Fsp3) is 0.579. The van der Waals surface area contributed by atoms with E-state index in [4.69, 9.17) is 0 Å². The molecule has 0 heteroatoms. The summed E-state index contributed by atoms with van der Waals surface area (Å²) in [7, 11) is 0. The first-order chi connectivity index (χ1) is 9.29. The van der Waals surface area contributed by atoms with Crippen molar-refractivity contribution < 1.29 is 0 Å². The normalized spacial score (nSPS) is 16.9. The van der Waals surface area contributed by atoms with Crippen molar-refractivity contribution in [2.75, 3.05) is 0 Å². The molecule has 1 aromatic rings. The standard InChI is InChI=1S/C19H28/c1-3-5-7-10-14-19(13-6-4-2)15-17-11-8-9-12-18(17)16-19/h4,6,8-9,11-12H,3,5,7,10,13-16H2,1-2H3/b6-4+. The van der Waals surface area contributed by atoms with Crippen molar-refractivity contribution in [2.24, 2.45) is 5.41 Å². The maximum Gasteiger partial charge on any atom is -0.0182 e. The lowest BCUT2D eigenvalue weighted by Crippen LogP contribution is -2.20. The summed E-state index contributed by atoms with van der Waals surface area (Å²) in [6, 6.07) is 9.06. The summed E-state index contributed by atoms with van der Waals surface area (Å²) in [6.45, 7) is 4.44. The number of unbranched alkanes of at least 4 members (excludes halogenated alkanes) is 3. The van der Waals surface area contributed by atoms with Crippen LogP contribution >= 0.6 is 0 Å². The van der Waals surface area contributed by atoms with Crippen molar-refractivity contribution in [3.63, 3.8) is 0 Å². The molecule has 0 saturated heterocycles. The van der Waals surface area contributed by atoms with Crippen LogP contribution in [-0.2, 0) is 12.8 Å². The van der Waals surface area contributed by atoms with Gasteiger partial charge >= 0.3 is 0 Å². The molecule has 0 atom stereocenters. The van der Waals surface area contributed by atoms with Gasteiger partial charge in [-0.3, -0.25) is 0 Å². The predicted molar refractivity (Wildman–Crippen MR) is 84.5 cm³/mol. The summed E-state index contributed by atoms with van der Waals surface area (Å²) in [6.07, 6.45) is 15.4. The van der Waals surface area contributed by atoms with E-state index in [1.54, 1.807) is 11.1 Å². The molecule has 0 amide bonds. The second kappa shape index (κ2) is 6.93. The highest BCUT2D eigenvalue weighted by Crippen LogP contribution is 2.43. The molecular weight excluding hydrogens is 228 g/mol. The molecule has 0 saturated carbocycles. The van der Waals surface area contributed by atoms with Crippen molar-refractivity contribution in [3.05, 3.63) is 47.5 Å². The molecule has 1 aliphatic carbocycles. The number of allylic oxidation sites excluding steroid dienone is 2. The van der Waals surface area contributed by atoms with Gasteiger partial charge in [-0.15, -0.1) is 0 Å². The van der Waals surface area contributed by atoms with Gasteiger partial charge in [0.1, 0.15) is 0 Å². The molecule has 2 rings (SSSR count). The van der Waals surface area contributed by atoms with Crippen LogP contribution in [0.4, 0.5) is 0 Å². The lowest BCUT2D eigenvalue weighted by molar-refractivity contribution is 0.270. The van der Waals surface area contributed by atoms with E-state index in [9.17, 15) is 0 Å². The second-order valence-electron chi connectivity index (χ2n) is 6.21. The maximum atomic E-state index is 2.38. The molecule has 0 bridgehead atoms. The van der Waals surface area contributed by atoms with Crippen molar-refractivity contribution in [1.82, 2.24) is 0 Å². The monoisotopic (exact) mass is 256 g/mol. The molecule has 0 radical (unpaired) electrons. The van der Waals surface area contributed by atoms with E-state index < -0.39 is 0 Å². The van der Waals surface area contributed by atoms with E-state index in [1.807, 2.05) is 0 Å². The molecule has 0 fully saturated rings. The zero-order valence-electron chi connectivity index (χ0n) is 12.6. The van der Waals surface area contributed by atoms with E-state index in [2.05, 4.69) is 50.3 Å². The average molecular weight is 256 g/mol. The summed E-state index contributed by atoms with van der Waals surface area (Å²) < 4.78 is 0. The van der Waals surface area contributed by atoms with E-state index in [-0.39, 0.29) is 0 Å². The Morgan fingerprint density at radius 1 is 1.05 bits per heavy atom. The summed E-state index contributed by atoms with van der Waals surface area (Å²) in [4.78, 5) is 0. The van der Waals surface area contributed by atoms with E-state index >= 15 is 0 Å². The predicted octanol–water partition coefficient (Wildman–Crippen LogP) is 5.71. The minimum absolute atomic E-state index is 0.518. The molecule has 0 spiro atoms. The quantitative estimate of drug-likeness (QED) is 0.433. The van der Waals surface area contributed by atoms with Gasteiger partial charge in [0, 0.05) is 0 Å². The largest absolute Gasteiger partial charge is 0.0916 e. The Balaban J connectivity index is 2.01. The van der Waals surface area contributed by atoms with Crippen molar-refractivity contribution in [2.45, 2.75) is 65.2 Å². The minimum Gasteiger partial charge on any atom is -0.0916 e. The number of hydrogen-bond acceptors (Lipinski definition) is 0. The maximum absolute atomic E-state index is 2.38. The van der Waals surface area contributed by atoms with Crippen molar-refractivity contribution >= 4 is 0 Å². The lowest BCUT2D eigenvalue weighted by Gasteiger charge is -2.28. The molecule has 0 N–H and O–H groups in total.